The molecule has 0 saturated heterocycles. The molecule has 3 aromatic rings. The Labute approximate surface area is 207 Å². The van der Waals surface area contributed by atoms with E-state index in [4.69, 9.17) is 16.7 Å². The van der Waals surface area contributed by atoms with Gasteiger partial charge in [0.2, 0.25) is 15.9 Å². The minimum absolute atomic E-state index is 0.0659. The SMILES string of the molecule is CC(C)(C)C(NC(=O)c1nn(Cc2ccc(F)cc2)c2ccc(Cl)cc12)C(=O)NCCS(N)(=O)=O. The first-order chi connectivity index (χ1) is 16.2. The largest absolute Gasteiger partial charge is 0.353 e. The van der Waals surface area contributed by atoms with E-state index in [0.29, 0.717) is 15.9 Å². The molecule has 0 spiro atoms. The molecular formula is C23H27ClFN5O4S. The van der Waals surface area contributed by atoms with Crippen LogP contribution in [0, 0.1) is 11.2 Å². The first-order valence-corrected chi connectivity index (χ1v) is 12.8. The highest BCUT2D eigenvalue weighted by molar-refractivity contribution is 7.89. The van der Waals surface area contributed by atoms with Crippen LogP contribution in [0.1, 0.15) is 36.8 Å². The first-order valence-electron chi connectivity index (χ1n) is 10.7. The van der Waals surface area contributed by atoms with Crippen molar-refractivity contribution in [2.45, 2.75) is 33.4 Å². The lowest BCUT2D eigenvalue weighted by molar-refractivity contribution is -0.125. The van der Waals surface area contributed by atoms with E-state index in [1.165, 1.54) is 12.1 Å². The average Bonchev–Trinajstić information content (AvgIpc) is 3.09. The number of aromatic nitrogens is 2. The summed E-state index contributed by atoms with van der Waals surface area (Å²) in [6.07, 6.45) is 0. The van der Waals surface area contributed by atoms with Crippen molar-refractivity contribution in [3.8, 4) is 0 Å². The minimum Gasteiger partial charge on any atom is -0.353 e. The smallest absolute Gasteiger partial charge is 0.273 e. The zero-order valence-electron chi connectivity index (χ0n) is 19.5. The maximum absolute atomic E-state index is 13.3. The highest BCUT2D eigenvalue weighted by Gasteiger charge is 2.34. The molecule has 188 valence electrons. The minimum atomic E-state index is -3.75. The van der Waals surface area contributed by atoms with Gasteiger partial charge in [-0.25, -0.2) is 17.9 Å². The number of carbonyl (C=O) groups excluding carboxylic acids is 2. The van der Waals surface area contributed by atoms with Gasteiger partial charge in [-0.05, 0) is 41.3 Å². The summed E-state index contributed by atoms with van der Waals surface area (Å²) in [6.45, 7) is 5.38. The number of carbonyl (C=O) groups is 2. The molecule has 0 aliphatic heterocycles. The van der Waals surface area contributed by atoms with Crippen LogP contribution in [0.25, 0.3) is 10.9 Å². The van der Waals surface area contributed by atoms with Crippen molar-refractivity contribution in [1.82, 2.24) is 20.4 Å². The molecule has 4 N–H and O–H groups in total. The lowest BCUT2D eigenvalue weighted by Gasteiger charge is -2.30. The van der Waals surface area contributed by atoms with Crippen LogP contribution in [0.2, 0.25) is 5.02 Å². The molecule has 12 heteroatoms. The summed E-state index contributed by atoms with van der Waals surface area (Å²) >= 11 is 6.17. The van der Waals surface area contributed by atoms with Crippen molar-refractivity contribution < 1.29 is 22.4 Å². The Hall–Kier alpha value is -3.02. The fourth-order valence-electron chi connectivity index (χ4n) is 3.50. The van der Waals surface area contributed by atoms with Crippen molar-refractivity contribution >= 4 is 44.3 Å². The third-order valence-corrected chi connectivity index (χ3v) is 6.27. The molecular weight excluding hydrogens is 497 g/mol. The summed E-state index contributed by atoms with van der Waals surface area (Å²) in [5.41, 5.74) is 0.773. The zero-order valence-corrected chi connectivity index (χ0v) is 21.1. The Morgan fingerprint density at radius 2 is 1.83 bits per heavy atom. The van der Waals surface area contributed by atoms with Crippen LogP contribution in [0.3, 0.4) is 0 Å². The number of rotatable bonds is 8. The Morgan fingerprint density at radius 1 is 1.17 bits per heavy atom. The third kappa shape index (κ3) is 7.00. The average molecular weight is 524 g/mol. The predicted molar refractivity (Wildman–Crippen MR) is 132 cm³/mol. The highest BCUT2D eigenvalue weighted by atomic mass is 35.5. The molecule has 0 aliphatic rings. The van der Waals surface area contributed by atoms with E-state index in [2.05, 4.69) is 15.7 Å². The van der Waals surface area contributed by atoms with Crippen LogP contribution in [-0.4, -0.2) is 48.4 Å². The lowest BCUT2D eigenvalue weighted by Crippen LogP contribution is -2.54. The number of fused-ring (bicyclic) bond motifs is 1. The van der Waals surface area contributed by atoms with E-state index >= 15 is 0 Å². The van der Waals surface area contributed by atoms with Gasteiger partial charge in [0.25, 0.3) is 5.91 Å². The Kier molecular flexibility index (Phi) is 7.83. The number of primary sulfonamides is 1. The van der Waals surface area contributed by atoms with Crippen molar-refractivity contribution in [2.24, 2.45) is 10.6 Å². The second-order valence-electron chi connectivity index (χ2n) is 9.22. The monoisotopic (exact) mass is 523 g/mol. The van der Waals surface area contributed by atoms with Gasteiger partial charge in [-0.15, -0.1) is 0 Å². The molecule has 35 heavy (non-hydrogen) atoms. The third-order valence-electron chi connectivity index (χ3n) is 5.26. The van der Waals surface area contributed by atoms with Gasteiger partial charge >= 0.3 is 0 Å². The summed E-state index contributed by atoms with van der Waals surface area (Å²) in [7, 11) is -3.75. The van der Waals surface area contributed by atoms with Gasteiger partial charge < -0.3 is 10.6 Å². The fraction of sp³-hybridized carbons (Fsp3) is 0.348. The molecule has 0 fully saturated rings. The van der Waals surface area contributed by atoms with Crippen LogP contribution in [0.4, 0.5) is 4.39 Å². The summed E-state index contributed by atoms with van der Waals surface area (Å²) in [5.74, 6) is -1.94. The lowest BCUT2D eigenvalue weighted by atomic mass is 9.86. The van der Waals surface area contributed by atoms with Crippen LogP contribution in [0.15, 0.2) is 42.5 Å². The van der Waals surface area contributed by atoms with E-state index in [0.717, 1.165) is 5.56 Å². The van der Waals surface area contributed by atoms with Crippen molar-refractivity contribution in [3.05, 3.63) is 64.6 Å². The Morgan fingerprint density at radius 3 is 2.43 bits per heavy atom. The fourth-order valence-corrected chi connectivity index (χ4v) is 4.05. The van der Waals surface area contributed by atoms with E-state index in [1.54, 1.807) is 55.8 Å². The summed E-state index contributed by atoms with van der Waals surface area (Å²) in [6, 6.07) is 9.95. The topological polar surface area (TPSA) is 136 Å². The molecule has 0 saturated carbocycles. The van der Waals surface area contributed by atoms with Gasteiger partial charge in [0, 0.05) is 17.0 Å². The van der Waals surface area contributed by atoms with Gasteiger partial charge in [0.05, 0.1) is 17.8 Å². The number of nitrogens with zero attached hydrogens (tertiary/aromatic N) is 2. The number of nitrogens with two attached hydrogens (primary N) is 1. The van der Waals surface area contributed by atoms with Crippen molar-refractivity contribution in [1.29, 1.82) is 0 Å². The van der Waals surface area contributed by atoms with Crippen LogP contribution >= 0.6 is 11.6 Å². The van der Waals surface area contributed by atoms with Gasteiger partial charge in [-0.2, -0.15) is 5.10 Å². The first kappa shape index (κ1) is 26.6. The maximum atomic E-state index is 13.3. The number of halogens is 2. The second kappa shape index (κ2) is 10.3. The zero-order chi connectivity index (χ0) is 26.0. The Bertz CT molecular complexity index is 1350. The molecule has 1 aromatic heterocycles. The summed E-state index contributed by atoms with van der Waals surface area (Å²) < 4.78 is 37.2. The maximum Gasteiger partial charge on any atom is 0.273 e. The molecule has 1 unspecified atom stereocenters. The summed E-state index contributed by atoms with van der Waals surface area (Å²) in [5, 5.41) is 15.6. The highest BCUT2D eigenvalue weighted by Crippen LogP contribution is 2.25. The van der Waals surface area contributed by atoms with Gasteiger partial charge in [0.1, 0.15) is 11.9 Å². The molecule has 2 aromatic carbocycles. The number of hydrogen-bond donors (Lipinski definition) is 3. The van der Waals surface area contributed by atoms with Crippen LogP contribution in [0.5, 0.6) is 0 Å². The number of amides is 2. The van der Waals surface area contributed by atoms with Gasteiger partial charge in [-0.3, -0.25) is 14.3 Å². The molecule has 0 radical (unpaired) electrons. The van der Waals surface area contributed by atoms with Crippen molar-refractivity contribution in [2.75, 3.05) is 12.3 Å². The predicted octanol–water partition coefficient (Wildman–Crippen LogP) is 2.43. The Balaban J connectivity index is 1.90. The van der Waals surface area contributed by atoms with E-state index < -0.39 is 39.0 Å². The van der Waals surface area contributed by atoms with E-state index in [9.17, 15) is 22.4 Å². The molecule has 0 bridgehead atoms. The van der Waals surface area contributed by atoms with Crippen LogP contribution < -0.4 is 15.8 Å². The molecule has 1 heterocycles. The quantitative estimate of drug-likeness (QED) is 0.416. The van der Waals surface area contributed by atoms with Crippen molar-refractivity contribution in [3.63, 3.8) is 0 Å². The molecule has 1 atom stereocenters. The molecule has 3 rings (SSSR count). The molecule has 0 aliphatic carbocycles. The molecule has 2 amide bonds. The van der Waals surface area contributed by atoms with E-state index in [-0.39, 0.29) is 24.6 Å². The second-order valence-corrected chi connectivity index (χ2v) is 11.4. The number of nitrogens with one attached hydrogen (secondary N) is 2. The number of hydrogen-bond acceptors (Lipinski definition) is 5. The number of benzene rings is 2. The molecule has 9 nitrogen and oxygen atoms in total. The number of sulfonamides is 1. The van der Waals surface area contributed by atoms with Gasteiger partial charge in [0.15, 0.2) is 5.69 Å². The van der Waals surface area contributed by atoms with E-state index in [1.807, 2.05) is 0 Å². The standard InChI is InChI=1S/C23H27ClFN5O4S/c1-23(2,3)20(22(32)27-10-11-35(26,33)34)28-21(31)19-17-12-15(24)6-9-18(17)30(29-19)13-14-4-7-16(25)8-5-14/h4-9,12,20H,10-11,13H2,1-3H3,(H,27,32)(H,28,31)(H2,26,33,34). The summed E-state index contributed by atoms with van der Waals surface area (Å²) in [4.78, 5) is 26.1. The normalized spacial score (nSPS) is 13.0. The van der Waals surface area contributed by atoms with Crippen LogP contribution in [-0.2, 0) is 21.4 Å². The van der Waals surface area contributed by atoms with Gasteiger partial charge in [-0.1, -0.05) is 44.5 Å².